The van der Waals surface area contributed by atoms with Crippen molar-refractivity contribution in [3.8, 4) is 22.9 Å². The number of aromatic hydroxyl groups is 1. The summed E-state index contributed by atoms with van der Waals surface area (Å²) < 4.78 is 7.27. The first-order valence-corrected chi connectivity index (χ1v) is 6.93. The molecule has 1 aromatic carbocycles. The first-order valence-electron chi connectivity index (χ1n) is 6.93. The number of imidazole rings is 1. The molecule has 2 aromatic heterocycles. The van der Waals surface area contributed by atoms with Crippen LogP contribution < -0.4 is 4.74 Å². The molecule has 0 radical (unpaired) electrons. The third-order valence-electron chi connectivity index (χ3n) is 3.40. The average molecular weight is 283 g/mol. The highest BCUT2D eigenvalue weighted by molar-refractivity contribution is 5.79. The van der Waals surface area contributed by atoms with Gasteiger partial charge >= 0.3 is 0 Å². The molecule has 0 spiro atoms. The molecule has 1 N–H and O–H groups in total. The number of aromatic nitrogens is 3. The zero-order valence-electron chi connectivity index (χ0n) is 12.1. The molecular formula is C16H17N3O2. The Morgan fingerprint density at radius 3 is 2.90 bits per heavy atom. The van der Waals surface area contributed by atoms with Crippen molar-refractivity contribution in [3.63, 3.8) is 0 Å². The SMILES string of the molecule is CCCn1c(-c2cc(OC)ccc2O)nc2cccnc21. The Morgan fingerprint density at radius 2 is 2.14 bits per heavy atom. The minimum Gasteiger partial charge on any atom is -0.507 e. The number of phenolic OH excluding ortho intramolecular Hbond substituents is 1. The Labute approximate surface area is 122 Å². The van der Waals surface area contributed by atoms with Crippen molar-refractivity contribution in [3.05, 3.63) is 36.5 Å². The second-order valence-corrected chi connectivity index (χ2v) is 4.82. The molecule has 0 bridgehead atoms. The molecule has 0 aliphatic carbocycles. The molecule has 0 fully saturated rings. The van der Waals surface area contributed by atoms with Crippen LogP contribution in [0.1, 0.15) is 13.3 Å². The molecule has 21 heavy (non-hydrogen) atoms. The van der Waals surface area contributed by atoms with Gasteiger partial charge in [-0.1, -0.05) is 6.92 Å². The summed E-state index contributed by atoms with van der Waals surface area (Å²) in [6.45, 7) is 2.89. The van der Waals surface area contributed by atoms with E-state index in [1.54, 1.807) is 31.5 Å². The van der Waals surface area contributed by atoms with Crippen molar-refractivity contribution in [2.24, 2.45) is 0 Å². The van der Waals surface area contributed by atoms with E-state index in [1.165, 1.54) is 0 Å². The lowest BCUT2D eigenvalue weighted by atomic mass is 10.1. The van der Waals surface area contributed by atoms with Gasteiger partial charge in [0.2, 0.25) is 0 Å². The summed E-state index contributed by atoms with van der Waals surface area (Å²) in [5, 5.41) is 10.2. The van der Waals surface area contributed by atoms with Crippen LogP contribution >= 0.6 is 0 Å². The van der Waals surface area contributed by atoms with Gasteiger partial charge < -0.3 is 14.4 Å². The summed E-state index contributed by atoms with van der Waals surface area (Å²) in [6, 6.07) is 8.93. The van der Waals surface area contributed by atoms with Crippen LogP contribution in [0.4, 0.5) is 0 Å². The lowest BCUT2D eigenvalue weighted by Gasteiger charge is -2.10. The van der Waals surface area contributed by atoms with Crippen LogP contribution in [0.5, 0.6) is 11.5 Å². The molecule has 0 unspecified atom stereocenters. The van der Waals surface area contributed by atoms with E-state index in [-0.39, 0.29) is 5.75 Å². The van der Waals surface area contributed by atoms with Crippen molar-refractivity contribution in [2.45, 2.75) is 19.9 Å². The van der Waals surface area contributed by atoms with Crippen LogP contribution in [0.25, 0.3) is 22.6 Å². The van der Waals surface area contributed by atoms with Gasteiger partial charge in [-0.25, -0.2) is 9.97 Å². The summed E-state index contributed by atoms with van der Waals surface area (Å²) in [5.41, 5.74) is 2.31. The Kier molecular flexibility index (Phi) is 3.48. The van der Waals surface area contributed by atoms with Gasteiger partial charge in [-0.3, -0.25) is 0 Å². The normalized spacial score (nSPS) is 11.0. The van der Waals surface area contributed by atoms with Crippen molar-refractivity contribution in [1.29, 1.82) is 0 Å². The van der Waals surface area contributed by atoms with E-state index < -0.39 is 0 Å². The molecule has 108 valence electrons. The standard InChI is InChI=1S/C16H17N3O2/c1-3-9-19-15(18-13-5-4-8-17-16(13)19)12-10-11(21-2)6-7-14(12)20/h4-8,10,20H,3,9H2,1-2H3. The van der Waals surface area contributed by atoms with Crippen LogP contribution in [-0.2, 0) is 6.54 Å². The van der Waals surface area contributed by atoms with E-state index in [2.05, 4.69) is 16.9 Å². The summed E-state index contributed by atoms with van der Waals surface area (Å²) in [5.74, 6) is 1.58. The molecule has 0 aliphatic rings. The van der Waals surface area contributed by atoms with E-state index >= 15 is 0 Å². The maximum Gasteiger partial charge on any atom is 0.160 e. The fraction of sp³-hybridized carbons (Fsp3) is 0.250. The molecule has 5 heteroatoms. The number of fused-ring (bicyclic) bond motifs is 1. The van der Waals surface area contributed by atoms with Crippen molar-refractivity contribution < 1.29 is 9.84 Å². The van der Waals surface area contributed by atoms with Gasteiger partial charge in [0.25, 0.3) is 0 Å². The number of aryl methyl sites for hydroxylation is 1. The largest absolute Gasteiger partial charge is 0.507 e. The van der Waals surface area contributed by atoms with Crippen LogP contribution in [0.3, 0.4) is 0 Å². The highest BCUT2D eigenvalue weighted by atomic mass is 16.5. The Hall–Kier alpha value is -2.56. The average Bonchev–Trinajstić information content (AvgIpc) is 2.87. The van der Waals surface area contributed by atoms with Crippen LogP contribution in [0.15, 0.2) is 36.5 Å². The first-order chi connectivity index (χ1) is 10.2. The van der Waals surface area contributed by atoms with Crippen molar-refractivity contribution in [2.75, 3.05) is 7.11 Å². The van der Waals surface area contributed by atoms with Gasteiger partial charge in [0.05, 0.1) is 12.7 Å². The number of phenols is 1. The van der Waals surface area contributed by atoms with Gasteiger partial charge in [-0.05, 0) is 36.8 Å². The molecule has 0 aliphatic heterocycles. The quantitative estimate of drug-likeness (QED) is 0.798. The second kappa shape index (κ2) is 5.44. The van der Waals surface area contributed by atoms with Crippen molar-refractivity contribution in [1.82, 2.24) is 14.5 Å². The molecule has 3 rings (SSSR count). The third-order valence-corrected chi connectivity index (χ3v) is 3.40. The smallest absolute Gasteiger partial charge is 0.160 e. The highest BCUT2D eigenvalue weighted by Crippen LogP contribution is 2.33. The first kappa shape index (κ1) is 13.4. The number of nitrogens with zero attached hydrogens (tertiary/aromatic N) is 3. The predicted molar refractivity (Wildman–Crippen MR) is 81.5 cm³/mol. The lowest BCUT2D eigenvalue weighted by Crippen LogP contribution is -2.01. The number of hydrogen-bond acceptors (Lipinski definition) is 4. The Bertz CT molecular complexity index is 780. The Morgan fingerprint density at radius 1 is 1.29 bits per heavy atom. The summed E-state index contributed by atoms with van der Waals surface area (Å²) in [4.78, 5) is 9.03. The third kappa shape index (κ3) is 2.31. The van der Waals surface area contributed by atoms with Gasteiger partial charge in [-0.2, -0.15) is 0 Å². The summed E-state index contributed by atoms with van der Waals surface area (Å²) in [6.07, 6.45) is 2.71. The van der Waals surface area contributed by atoms with Gasteiger partial charge in [0.1, 0.15) is 22.8 Å². The monoisotopic (exact) mass is 283 g/mol. The van der Waals surface area contributed by atoms with Gasteiger partial charge in [0.15, 0.2) is 5.65 Å². The van der Waals surface area contributed by atoms with E-state index in [4.69, 9.17) is 4.74 Å². The minimum absolute atomic E-state index is 0.184. The van der Waals surface area contributed by atoms with E-state index in [0.717, 1.165) is 24.1 Å². The number of ether oxygens (including phenoxy) is 1. The number of methoxy groups -OCH3 is 1. The van der Waals surface area contributed by atoms with Gasteiger partial charge in [0, 0.05) is 12.7 Å². The highest BCUT2D eigenvalue weighted by Gasteiger charge is 2.16. The van der Waals surface area contributed by atoms with E-state index in [9.17, 15) is 5.11 Å². The summed E-state index contributed by atoms with van der Waals surface area (Å²) >= 11 is 0. The maximum absolute atomic E-state index is 10.2. The summed E-state index contributed by atoms with van der Waals surface area (Å²) in [7, 11) is 1.60. The van der Waals surface area contributed by atoms with Crippen LogP contribution in [0.2, 0.25) is 0 Å². The fourth-order valence-corrected chi connectivity index (χ4v) is 2.42. The van der Waals surface area contributed by atoms with E-state index in [1.807, 2.05) is 16.7 Å². The second-order valence-electron chi connectivity index (χ2n) is 4.82. The zero-order chi connectivity index (χ0) is 14.8. The van der Waals surface area contributed by atoms with Gasteiger partial charge in [-0.15, -0.1) is 0 Å². The number of benzene rings is 1. The molecule has 0 amide bonds. The molecular weight excluding hydrogens is 266 g/mol. The minimum atomic E-state index is 0.184. The van der Waals surface area contributed by atoms with Crippen LogP contribution in [-0.4, -0.2) is 26.8 Å². The molecule has 3 aromatic rings. The maximum atomic E-state index is 10.2. The number of pyridine rings is 1. The lowest BCUT2D eigenvalue weighted by molar-refractivity contribution is 0.412. The number of hydrogen-bond donors (Lipinski definition) is 1. The Balaban J connectivity index is 2.26. The molecule has 0 atom stereocenters. The fourth-order valence-electron chi connectivity index (χ4n) is 2.42. The van der Waals surface area contributed by atoms with Crippen LogP contribution in [0, 0.1) is 0 Å². The topological polar surface area (TPSA) is 60.2 Å². The molecule has 0 saturated heterocycles. The molecule has 5 nitrogen and oxygen atoms in total. The van der Waals surface area contributed by atoms with E-state index in [0.29, 0.717) is 17.1 Å². The molecule has 2 heterocycles. The van der Waals surface area contributed by atoms with Crippen molar-refractivity contribution >= 4 is 11.2 Å². The number of rotatable bonds is 4. The predicted octanol–water partition coefficient (Wildman–Crippen LogP) is 3.22. The molecule has 0 saturated carbocycles. The zero-order valence-corrected chi connectivity index (χ0v) is 12.1.